The smallest absolute Gasteiger partial charge is 0.143 e. The van der Waals surface area contributed by atoms with Crippen molar-refractivity contribution in [1.29, 1.82) is 0 Å². The average molecular weight is 310 g/mol. The number of ether oxygens (including phenoxy) is 2. The molecule has 3 nitrogen and oxygen atoms in total. The van der Waals surface area contributed by atoms with Crippen molar-refractivity contribution in [3.63, 3.8) is 0 Å². The predicted molar refractivity (Wildman–Crippen MR) is 86.5 cm³/mol. The topological polar surface area (TPSA) is 30.5 Å². The van der Waals surface area contributed by atoms with Crippen molar-refractivity contribution >= 4 is 17.3 Å². The molecule has 21 heavy (non-hydrogen) atoms. The molecule has 1 aromatic rings. The maximum absolute atomic E-state index is 6.33. The Morgan fingerprint density at radius 3 is 2.81 bits per heavy atom. The third-order valence-electron chi connectivity index (χ3n) is 4.85. The van der Waals surface area contributed by atoms with Crippen molar-refractivity contribution < 1.29 is 9.47 Å². The van der Waals surface area contributed by atoms with Gasteiger partial charge < -0.3 is 14.8 Å². The fourth-order valence-electron chi connectivity index (χ4n) is 3.62. The summed E-state index contributed by atoms with van der Waals surface area (Å²) in [7, 11) is 1.67. The fourth-order valence-corrected chi connectivity index (χ4v) is 3.77. The summed E-state index contributed by atoms with van der Waals surface area (Å²) in [6.07, 6.45) is 7.82. The van der Waals surface area contributed by atoms with E-state index in [4.69, 9.17) is 21.1 Å². The van der Waals surface area contributed by atoms with Gasteiger partial charge in [-0.05, 0) is 44.2 Å². The zero-order valence-electron chi connectivity index (χ0n) is 12.9. The highest BCUT2D eigenvalue weighted by Crippen LogP contribution is 2.43. The third-order valence-corrected chi connectivity index (χ3v) is 5.26. The second-order valence-corrected chi connectivity index (χ2v) is 6.76. The molecular weight excluding hydrogens is 286 g/mol. The molecular formula is C17H24ClNO2. The van der Waals surface area contributed by atoms with E-state index in [-0.39, 0.29) is 5.60 Å². The lowest BCUT2D eigenvalue weighted by molar-refractivity contribution is -0.0307. The summed E-state index contributed by atoms with van der Waals surface area (Å²) >= 11 is 6.14. The van der Waals surface area contributed by atoms with Crippen LogP contribution in [0.3, 0.4) is 0 Å². The summed E-state index contributed by atoms with van der Waals surface area (Å²) in [5.41, 5.74) is 2.25. The molecule has 1 aliphatic heterocycles. The first kappa shape index (κ1) is 15.0. The quantitative estimate of drug-likeness (QED) is 0.884. The normalized spacial score (nSPS) is 23.7. The first-order valence-corrected chi connectivity index (χ1v) is 8.25. The molecule has 1 spiro atoms. The van der Waals surface area contributed by atoms with Crippen LogP contribution in [-0.4, -0.2) is 25.4 Å². The molecule has 3 rings (SSSR count). The Hall–Kier alpha value is -0.930. The zero-order valence-corrected chi connectivity index (χ0v) is 13.6. The lowest BCUT2D eigenvalue weighted by Gasteiger charge is -2.24. The van der Waals surface area contributed by atoms with Gasteiger partial charge in [-0.25, -0.2) is 0 Å². The van der Waals surface area contributed by atoms with Crippen molar-refractivity contribution in [3.8, 4) is 5.75 Å². The van der Waals surface area contributed by atoms with Crippen LogP contribution in [-0.2, 0) is 4.74 Å². The molecule has 2 aliphatic rings. The van der Waals surface area contributed by atoms with E-state index >= 15 is 0 Å². The number of benzene rings is 1. The first-order chi connectivity index (χ1) is 10.1. The van der Waals surface area contributed by atoms with Crippen LogP contribution in [0.25, 0.3) is 0 Å². The summed E-state index contributed by atoms with van der Waals surface area (Å²) in [5.74, 6) is 0.791. The molecule has 0 radical (unpaired) electrons. The monoisotopic (exact) mass is 309 g/mol. The molecule has 1 saturated carbocycles. The van der Waals surface area contributed by atoms with E-state index < -0.39 is 0 Å². The second kappa shape index (κ2) is 6.05. The molecule has 1 heterocycles. The van der Waals surface area contributed by atoms with E-state index in [9.17, 15) is 0 Å². The highest BCUT2D eigenvalue weighted by atomic mass is 35.5. The van der Waals surface area contributed by atoms with Gasteiger partial charge in [-0.15, -0.1) is 0 Å². The summed E-state index contributed by atoms with van der Waals surface area (Å²) in [6, 6.07) is 3.91. The number of anilines is 1. The Kier molecular flexibility index (Phi) is 4.32. The largest absolute Gasteiger partial charge is 0.495 e. The van der Waals surface area contributed by atoms with Gasteiger partial charge in [0, 0.05) is 17.6 Å². The lowest BCUT2D eigenvalue weighted by atomic mass is 9.98. The van der Waals surface area contributed by atoms with Crippen LogP contribution in [0.1, 0.15) is 44.1 Å². The SMILES string of the molecule is COc1cc(Cl)c(C)cc1NCC1CCC2(CCCC2)O1. The van der Waals surface area contributed by atoms with Gasteiger partial charge in [-0.2, -0.15) is 0 Å². The Morgan fingerprint density at radius 2 is 2.10 bits per heavy atom. The van der Waals surface area contributed by atoms with Crippen LogP contribution in [0.15, 0.2) is 12.1 Å². The van der Waals surface area contributed by atoms with Gasteiger partial charge in [0.05, 0.1) is 24.5 Å². The Balaban J connectivity index is 1.62. The van der Waals surface area contributed by atoms with Crippen molar-refractivity contribution in [1.82, 2.24) is 0 Å². The van der Waals surface area contributed by atoms with Crippen molar-refractivity contribution in [2.45, 2.75) is 57.2 Å². The first-order valence-electron chi connectivity index (χ1n) is 7.88. The molecule has 0 amide bonds. The molecule has 116 valence electrons. The standard InChI is InChI=1S/C17H24ClNO2/c1-12-9-15(16(20-2)10-14(12)18)19-11-13-5-8-17(21-13)6-3-4-7-17/h9-10,13,19H,3-8,11H2,1-2H3. The molecule has 2 fully saturated rings. The molecule has 1 atom stereocenters. The van der Waals surface area contributed by atoms with Gasteiger partial charge in [-0.1, -0.05) is 24.4 Å². The molecule has 1 N–H and O–H groups in total. The van der Waals surface area contributed by atoms with Gasteiger partial charge in [0.1, 0.15) is 5.75 Å². The van der Waals surface area contributed by atoms with Crippen LogP contribution in [0.4, 0.5) is 5.69 Å². The summed E-state index contributed by atoms with van der Waals surface area (Å²) in [4.78, 5) is 0. The predicted octanol–water partition coefficient (Wildman–Crippen LogP) is 4.56. The zero-order chi connectivity index (χ0) is 14.9. The minimum atomic E-state index is 0.201. The number of methoxy groups -OCH3 is 1. The minimum Gasteiger partial charge on any atom is -0.495 e. The Bertz CT molecular complexity index is 512. The lowest BCUT2D eigenvalue weighted by Crippen LogP contribution is -2.28. The van der Waals surface area contributed by atoms with E-state index in [0.29, 0.717) is 6.10 Å². The van der Waals surface area contributed by atoms with Crippen LogP contribution in [0, 0.1) is 6.92 Å². The molecule has 4 heteroatoms. The number of halogens is 1. The maximum atomic E-state index is 6.33. The second-order valence-electron chi connectivity index (χ2n) is 6.35. The molecule has 0 bridgehead atoms. The van der Waals surface area contributed by atoms with E-state index in [1.165, 1.54) is 32.1 Å². The van der Waals surface area contributed by atoms with Crippen molar-refractivity contribution in [3.05, 3.63) is 22.7 Å². The van der Waals surface area contributed by atoms with Crippen molar-refractivity contribution in [2.24, 2.45) is 0 Å². The van der Waals surface area contributed by atoms with Gasteiger partial charge in [0.15, 0.2) is 0 Å². The van der Waals surface area contributed by atoms with Crippen molar-refractivity contribution in [2.75, 3.05) is 19.0 Å². The Labute approximate surface area is 132 Å². The third kappa shape index (κ3) is 3.14. The molecule has 1 saturated heterocycles. The van der Waals surface area contributed by atoms with Crippen LogP contribution in [0.2, 0.25) is 5.02 Å². The highest BCUT2D eigenvalue weighted by molar-refractivity contribution is 6.31. The minimum absolute atomic E-state index is 0.201. The van der Waals surface area contributed by atoms with E-state index in [0.717, 1.165) is 35.0 Å². The number of nitrogens with one attached hydrogen (secondary N) is 1. The fraction of sp³-hybridized carbons (Fsp3) is 0.647. The maximum Gasteiger partial charge on any atom is 0.143 e. The number of aryl methyl sites for hydroxylation is 1. The summed E-state index contributed by atoms with van der Waals surface area (Å²) < 4.78 is 11.7. The molecule has 1 aliphatic carbocycles. The van der Waals surface area contributed by atoms with E-state index in [1.807, 2.05) is 19.1 Å². The van der Waals surface area contributed by atoms with E-state index in [2.05, 4.69) is 5.32 Å². The Morgan fingerprint density at radius 1 is 1.33 bits per heavy atom. The number of hydrogen-bond donors (Lipinski definition) is 1. The van der Waals surface area contributed by atoms with Gasteiger partial charge in [-0.3, -0.25) is 0 Å². The van der Waals surface area contributed by atoms with Crippen LogP contribution < -0.4 is 10.1 Å². The number of rotatable bonds is 4. The van der Waals surface area contributed by atoms with E-state index in [1.54, 1.807) is 7.11 Å². The molecule has 1 unspecified atom stereocenters. The summed E-state index contributed by atoms with van der Waals surface area (Å²) in [5, 5.41) is 4.21. The van der Waals surface area contributed by atoms with Gasteiger partial charge >= 0.3 is 0 Å². The highest BCUT2D eigenvalue weighted by Gasteiger charge is 2.41. The van der Waals surface area contributed by atoms with Crippen LogP contribution >= 0.6 is 11.6 Å². The van der Waals surface area contributed by atoms with Gasteiger partial charge in [0.25, 0.3) is 0 Å². The van der Waals surface area contributed by atoms with Crippen LogP contribution in [0.5, 0.6) is 5.75 Å². The summed E-state index contributed by atoms with van der Waals surface area (Å²) in [6.45, 7) is 2.84. The molecule has 1 aromatic carbocycles. The average Bonchev–Trinajstić information content (AvgIpc) is 3.10. The number of hydrogen-bond acceptors (Lipinski definition) is 3. The van der Waals surface area contributed by atoms with Gasteiger partial charge in [0.2, 0.25) is 0 Å². The molecule has 0 aromatic heterocycles.